The molecule has 0 atom stereocenters. The molecule has 0 radical (unpaired) electrons. The molecule has 0 aliphatic carbocycles. The molecule has 1 aliphatic rings. The number of imidazole rings is 1. The van der Waals surface area contributed by atoms with E-state index in [1.165, 1.54) is 18.5 Å². The van der Waals surface area contributed by atoms with Crippen LogP contribution in [0.2, 0.25) is 0 Å². The van der Waals surface area contributed by atoms with Crippen LogP contribution >= 0.6 is 0 Å². The number of alkyl halides is 3. The number of aromatic nitrogens is 5. The summed E-state index contributed by atoms with van der Waals surface area (Å²) in [6, 6.07) is 15.2. The van der Waals surface area contributed by atoms with Gasteiger partial charge in [0, 0.05) is 61.6 Å². The van der Waals surface area contributed by atoms with Crippen LogP contribution in [0, 0.1) is 6.92 Å². The summed E-state index contributed by atoms with van der Waals surface area (Å²) in [5, 5.41) is 9.18. The quantitative estimate of drug-likeness (QED) is 0.171. The largest absolute Gasteiger partial charge is 0.416 e. The number of carbonyl (C=O) groups excluding carboxylic acids is 1. The molecule has 1 fully saturated rings. The summed E-state index contributed by atoms with van der Waals surface area (Å²) in [6.45, 7) is 9.14. The van der Waals surface area contributed by atoms with Crippen LogP contribution in [0.4, 0.5) is 47.8 Å². The van der Waals surface area contributed by atoms with Gasteiger partial charge < -0.3 is 25.8 Å². The Hall–Kier alpha value is -5.50. The van der Waals surface area contributed by atoms with E-state index in [0.717, 1.165) is 56.1 Å². The minimum absolute atomic E-state index is 0.102. The number of benzene rings is 2. The van der Waals surface area contributed by atoms with E-state index >= 15 is 0 Å². The summed E-state index contributed by atoms with van der Waals surface area (Å²) in [4.78, 5) is 35.3. The van der Waals surface area contributed by atoms with Crippen LogP contribution in [0.5, 0.6) is 0 Å². The lowest BCUT2D eigenvalue weighted by Crippen LogP contribution is -2.46. The molecule has 0 unspecified atom stereocenters. The number of pyridine rings is 1. The number of amides is 1. The molecule has 4 heterocycles. The molecule has 0 bridgehead atoms. The van der Waals surface area contributed by atoms with Gasteiger partial charge >= 0.3 is 6.18 Å². The Labute approximate surface area is 269 Å². The predicted octanol–water partition coefficient (Wildman–Crippen LogP) is 6.27. The lowest BCUT2D eigenvalue weighted by atomic mass is 10.1. The molecule has 11 nitrogen and oxygen atoms in total. The fourth-order valence-electron chi connectivity index (χ4n) is 5.22. The summed E-state index contributed by atoms with van der Waals surface area (Å²) in [6.07, 6.45) is 2.12. The van der Waals surface area contributed by atoms with Crippen LogP contribution in [0.1, 0.15) is 28.4 Å². The van der Waals surface area contributed by atoms with Crippen molar-refractivity contribution in [1.29, 1.82) is 0 Å². The van der Waals surface area contributed by atoms with Gasteiger partial charge in [0.15, 0.2) is 0 Å². The van der Waals surface area contributed by atoms with Crippen molar-refractivity contribution in [3.8, 4) is 5.82 Å². The van der Waals surface area contributed by atoms with Crippen LogP contribution < -0.4 is 20.9 Å². The number of anilines is 6. The van der Waals surface area contributed by atoms with Crippen molar-refractivity contribution >= 4 is 40.6 Å². The Bertz CT molecular complexity index is 1850. The molecule has 1 saturated heterocycles. The Morgan fingerprint density at radius 1 is 0.894 bits per heavy atom. The zero-order chi connectivity index (χ0) is 33.0. The second-order valence-electron chi connectivity index (χ2n) is 11.0. The van der Waals surface area contributed by atoms with Crippen LogP contribution in [0.3, 0.4) is 0 Å². The molecule has 0 saturated carbocycles. The number of aryl methyl sites for hydroxylation is 1. The predicted molar refractivity (Wildman–Crippen MR) is 175 cm³/mol. The van der Waals surface area contributed by atoms with E-state index in [9.17, 15) is 18.0 Å². The van der Waals surface area contributed by atoms with Gasteiger partial charge in [-0.15, -0.1) is 0 Å². The van der Waals surface area contributed by atoms with E-state index in [-0.39, 0.29) is 5.56 Å². The van der Waals surface area contributed by atoms with E-state index in [1.54, 1.807) is 41.2 Å². The monoisotopic (exact) mass is 642 g/mol. The molecular weight excluding hydrogens is 609 g/mol. The third kappa shape index (κ3) is 7.49. The maximum atomic E-state index is 13.1. The number of rotatable bonds is 9. The average molecular weight is 643 g/mol. The third-order valence-electron chi connectivity index (χ3n) is 7.92. The third-order valence-corrected chi connectivity index (χ3v) is 7.92. The van der Waals surface area contributed by atoms with Crippen molar-refractivity contribution in [2.24, 2.45) is 0 Å². The average Bonchev–Trinajstić information content (AvgIpc) is 3.55. The number of carbonyl (C=O) groups is 1. The van der Waals surface area contributed by atoms with Crippen LogP contribution in [-0.2, 0) is 6.18 Å². The maximum absolute atomic E-state index is 13.1. The summed E-state index contributed by atoms with van der Waals surface area (Å²) in [7, 11) is 0. The normalized spacial score (nSPS) is 13.8. The van der Waals surface area contributed by atoms with Crippen molar-refractivity contribution in [1.82, 2.24) is 29.4 Å². The highest BCUT2D eigenvalue weighted by atomic mass is 19.4. The molecule has 47 heavy (non-hydrogen) atoms. The summed E-state index contributed by atoms with van der Waals surface area (Å²) >= 11 is 0. The zero-order valence-electron chi connectivity index (χ0n) is 25.8. The molecule has 5 aromatic rings. The lowest BCUT2D eigenvalue weighted by Gasteiger charge is -2.35. The van der Waals surface area contributed by atoms with Crippen molar-refractivity contribution in [2.75, 3.05) is 53.6 Å². The van der Waals surface area contributed by atoms with Gasteiger partial charge in [0.2, 0.25) is 5.95 Å². The number of halogens is 3. The standard InChI is InChI=1S/C33H33F3N10O/c1-3-44-13-15-45(16-14-44)26-9-10-28(38-20-26)43-29-19-30(40-21-39-29)46-12-11-37-32(46)42-27-18-25(8-7-22(27)2)41-31(47)23-5-4-6-24(17-23)33(34,35)36/h4-12,17-21H,3,13-16H2,1-2H3,(H,37,42)(H,41,47)(H,38,39,40,43). The molecule has 3 aromatic heterocycles. The van der Waals surface area contributed by atoms with Crippen molar-refractivity contribution in [3.05, 3.63) is 102 Å². The van der Waals surface area contributed by atoms with Crippen LogP contribution in [0.15, 0.2) is 85.6 Å². The molecule has 2 aromatic carbocycles. The summed E-state index contributed by atoms with van der Waals surface area (Å²) < 4.78 is 41.2. The highest BCUT2D eigenvalue weighted by Gasteiger charge is 2.31. The Morgan fingerprint density at radius 2 is 1.72 bits per heavy atom. The Balaban J connectivity index is 1.14. The first-order valence-electron chi connectivity index (χ1n) is 15.1. The smallest absolute Gasteiger partial charge is 0.368 e. The topological polar surface area (TPSA) is 116 Å². The second-order valence-corrected chi connectivity index (χ2v) is 11.0. The van der Waals surface area contributed by atoms with E-state index in [2.05, 4.69) is 58.7 Å². The minimum Gasteiger partial charge on any atom is -0.368 e. The Kier molecular flexibility index (Phi) is 9.02. The molecule has 242 valence electrons. The van der Waals surface area contributed by atoms with Crippen molar-refractivity contribution in [2.45, 2.75) is 20.0 Å². The van der Waals surface area contributed by atoms with Gasteiger partial charge in [-0.05, 0) is 61.5 Å². The van der Waals surface area contributed by atoms with Crippen LogP contribution in [-0.4, -0.2) is 68.0 Å². The highest BCUT2D eigenvalue weighted by molar-refractivity contribution is 6.04. The van der Waals surface area contributed by atoms with Gasteiger partial charge in [-0.3, -0.25) is 9.36 Å². The zero-order valence-corrected chi connectivity index (χ0v) is 25.8. The van der Waals surface area contributed by atoms with E-state index in [4.69, 9.17) is 0 Å². The first-order chi connectivity index (χ1) is 22.7. The number of hydrogen-bond donors (Lipinski definition) is 3. The molecular formula is C33H33F3N10O. The molecule has 6 rings (SSSR count). The summed E-state index contributed by atoms with van der Waals surface area (Å²) in [5.41, 5.74) is 1.97. The maximum Gasteiger partial charge on any atom is 0.416 e. The van der Waals surface area contributed by atoms with Crippen LogP contribution in [0.25, 0.3) is 5.82 Å². The fraction of sp³-hybridized carbons (Fsp3) is 0.242. The minimum atomic E-state index is -4.55. The van der Waals surface area contributed by atoms with E-state index < -0.39 is 17.6 Å². The van der Waals surface area contributed by atoms with Crippen molar-refractivity contribution < 1.29 is 18.0 Å². The SMILES string of the molecule is CCN1CCN(c2ccc(Nc3cc(-n4ccnc4Nc4cc(NC(=O)c5cccc(C(F)(F)F)c5)ccc4C)ncn3)nc2)CC1. The second kappa shape index (κ2) is 13.5. The number of nitrogens with one attached hydrogen (secondary N) is 3. The lowest BCUT2D eigenvalue weighted by molar-refractivity contribution is -0.137. The van der Waals surface area contributed by atoms with Gasteiger partial charge in [0.1, 0.15) is 23.8 Å². The van der Waals surface area contributed by atoms with E-state index in [1.807, 2.05) is 19.2 Å². The number of piperazine rings is 1. The molecule has 3 N–H and O–H groups in total. The molecule has 0 spiro atoms. The van der Waals surface area contributed by atoms with E-state index in [0.29, 0.717) is 34.8 Å². The first-order valence-corrected chi connectivity index (χ1v) is 15.1. The number of hydrogen-bond acceptors (Lipinski definition) is 9. The van der Waals surface area contributed by atoms with Gasteiger partial charge in [-0.25, -0.2) is 19.9 Å². The Morgan fingerprint density at radius 3 is 2.47 bits per heavy atom. The fourth-order valence-corrected chi connectivity index (χ4v) is 5.22. The highest BCUT2D eigenvalue weighted by Crippen LogP contribution is 2.30. The van der Waals surface area contributed by atoms with Gasteiger partial charge in [-0.2, -0.15) is 13.2 Å². The van der Waals surface area contributed by atoms with Gasteiger partial charge in [-0.1, -0.05) is 19.1 Å². The van der Waals surface area contributed by atoms with Crippen molar-refractivity contribution in [3.63, 3.8) is 0 Å². The molecule has 1 aliphatic heterocycles. The van der Waals surface area contributed by atoms with Gasteiger partial charge in [0.25, 0.3) is 5.91 Å². The summed E-state index contributed by atoms with van der Waals surface area (Å²) in [5.74, 6) is 1.52. The first kappa shape index (κ1) is 31.5. The molecule has 14 heteroatoms. The number of likely N-dealkylation sites (N-methyl/N-ethyl adjacent to an activating group) is 1. The molecule has 1 amide bonds. The van der Waals surface area contributed by atoms with Gasteiger partial charge in [0.05, 0.1) is 17.4 Å². The number of nitrogens with zero attached hydrogens (tertiary/aromatic N) is 7.